The molecule has 0 saturated heterocycles. The zero-order chi connectivity index (χ0) is 10.5. The van der Waals surface area contributed by atoms with Gasteiger partial charge in [-0.1, -0.05) is 19.9 Å². The van der Waals surface area contributed by atoms with Crippen molar-refractivity contribution in [3.05, 3.63) is 12.7 Å². The molecule has 13 heavy (non-hydrogen) atoms. The normalized spacial score (nSPS) is 15.5. The molecule has 0 heterocycles. The summed E-state index contributed by atoms with van der Waals surface area (Å²) in [6.07, 6.45) is 4.47. The second-order valence-electron chi connectivity index (χ2n) is 4.12. The predicted molar refractivity (Wildman–Crippen MR) is 56.5 cm³/mol. The minimum absolute atomic E-state index is 0.0266. The van der Waals surface area contributed by atoms with Gasteiger partial charge in [-0.3, -0.25) is 4.79 Å². The van der Waals surface area contributed by atoms with Crippen LogP contribution in [0.15, 0.2) is 12.7 Å². The molecular formula is C11H21NO. The molecule has 0 aliphatic carbocycles. The van der Waals surface area contributed by atoms with Crippen molar-refractivity contribution in [3.63, 3.8) is 0 Å². The molecule has 0 saturated carbocycles. The number of carbonyl (C=O) groups excluding carboxylic acids is 1. The summed E-state index contributed by atoms with van der Waals surface area (Å²) in [5.41, 5.74) is 5.26. The molecule has 0 aromatic carbocycles. The molecule has 0 bridgehead atoms. The van der Waals surface area contributed by atoms with Gasteiger partial charge in [0.2, 0.25) is 0 Å². The van der Waals surface area contributed by atoms with E-state index in [1.165, 1.54) is 0 Å². The third-order valence-corrected chi connectivity index (χ3v) is 2.19. The maximum Gasteiger partial charge on any atom is 0.154 e. The number of hydrogen-bond donors (Lipinski definition) is 1. The Labute approximate surface area is 81.2 Å². The third-order valence-electron chi connectivity index (χ3n) is 2.19. The monoisotopic (exact) mass is 183 g/mol. The van der Waals surface area contributed by atoms with Gasteiger partial charge >= 0.3 is 0 Å². The van der Waals surface area contributed by atoms with Crippen molar-refractivity contribution in [1.82, 2.24) is 0 Å². The fraction of sp³-hybridized carbons (Fsp3) is 0.727. The summed E-state index contributed by atoms with van der Waals surface area (Å²) in [4.78, 5) is 11.6. The summed E-state index contributed by atoms with van der Waals surface area (Å²) in [6, 6.07) is 0. The Morgan fingerprint density at radius 1 is 1.62 bits per heavy atom. The molecular weight excluding hydrogens is 162 g/mol. The zero-order valence-corrected chi connectivity index (χ0v) is 8.97. The number of unbranched alkanes of at least 4 members (excludes halogenated alkanes) is 1. The molecule has 0 aliphatic heterocycles. The van der Waals surface area contributed by atoms with Gasteiger partial charge in [0.25, 0.3) is 0 Å². The molecule has 0 aromatic heterocycles. The summed E-state index contributed by atoms with van der Waals surface area (Å²) >= 11 is 0. The van der Waals surface area contributed by atoms with Crippen LogP contribution in [0.2, 0.25) is 0 Å². The predicted octanol–water partition coefficient (Wildman–Crippen LogP) is 2.29. The highest BCUT2D eigenvalue weighted by atomic mass is 16.1. The summed E-state index contributed by atoms with van der Waals surface area (Å²) in [7, 11) is 0. The first kappa shape index (κ1) is 12.4. The van der Waals surface area contributed by atoms with Gasteiger partial charge in [0.1, 0.15) is 0 Å². The maximum atomic E-state index is 11.6. The van der Waals surface area contributed by atoms with Gasteiger partial charge in [-0.25, -0.2) is 0 Å². The van der Waals surface area contributed by atoms with Crippen LogP contribution in [0.3, 0.4) is 0 Å². The first-order valence-corrected chi connectivity index (χ1v) is 4.86. The second kappa shape index (κ2) is 5.18. The van der Waals surface area contributed by atoms with Crippen LogP contribution in [-0.4, -0.2) is 11.3 Å². The quantitative estimate of drug-likeness (QED) is 0.507. The Bertz CT molecular complexity index is 183. The fourth-order valence-corrected chi connectivity index (χ4v) is 1.40. The van der Waals surface area contributed by atoms with Crippen LogP contribution in [0.25, 0.3) is 0 Å². The Morgan fingerprint density at radius 3 is 2.54 bits per heavy atom. The van der Waals surface area contributed by atoms with E-state index < -0.39 is 5.54 Å². The first-order valence-electron chi connectivity index (χ1n) is 4.86. The van der Waals surface area contributed by atoms with Gasteiger partial charge in [0, 0.05) is 5.92 Å². The van der Waals surface area contributed by atoms with Crippen molar-refractivity contribution in [1.29, 1.82) is 0 Å². The lowest BCUT2D eigenvalue weighted by molar-refractivity contribution is -0.126. The van der Waals surface area contributed by atoms with Crippen LogP contribution in [0.4, 0.5) is 0 Å². The van der Waals surface area contributed by atoms with Gasteiger partial charge in [-0.2, -0.15) is 0 Å². The molecule has 0 rings (SSSR count). The fourth-order valence-electron chi connectivity index (χ4n) is 1.40. The smallest absolute Gasteiger partial charge is 0.154 e. The van der Waals surface area contributed by atoms with Gasteiger partial charge in [-0.15, -0.1) is 6.58 Å². The molecule has 0 aliphatic rings. The summed E-state index contributed by atoms with van der Waals surface area (Å²) < 4.78 is 0. The van der Waals surface area contributed by atoms with Gasteiger partial charge < -0.3 is 5.73 Å². The van der Waals surface area contributed by atoms with Crippen molar-refractivity contribution in [2.45, 2.75) is 45.6 Å². The minimum atomic E-state index is -0.656. The zero-order valence-electron chi connectivity index (χ0n) is 8.97. The van der Waals surface area contributed by atoms with Gasteiger partial charge in [0.15, 0.2) is 5.78 Å². The SMILES string of the molecule is C=CCCC[C@](C)(N)C(=O)C(C)C. The van der Waals surface area contributed by atoms with Crippen molar-refractivity contribution in [2.75, 3.05) is 0 Å². The highest BCUT2D eigenvalue weighted by Crippen LogP contribution is 2.16. The van der Waals surface area contributed by atoms with Crippen LogP contribution in [-0.2, 0) is 4.79 Å². The Balaban J connectivity index is 4.06. The van der Waals surface area contributed by atoms with E-state index in [0.29, 0.717) is 0 Å². The minimum Gasteiger partial charge on any atom is -0.319 e. The summed E-state index contributed by atoms with van der Waals surface area (Å²) in [5, 5.41) is 0. The van der Waals surface area contributed by atoms with Crippen LogP contribution in [0, 0.1) is 5.92 Å². The van der Waals surface area contributed by atoms with Crippen molar-refractivity contribution in [2.24, 2.45) is 11.7 Å². The Morgan fingerprint density at radius 2 is 2.15 bits per heavy atom. The van der Waals surface area contributed by atoms with Gasteiger partial charge in [-0.05, 0) is 26.2 Å². The van der Waals surface area contributed by atoms with Crippen molar-refractivity contribution >= 4 is 5.78 Å². The molecule has 2 heteroatoms. The molecule has 0 spiro atoms. The van der Waals surface area contributed by atoms with E-state index in [1.807, 2.05) is 26.8 Å². The third kappa shape index (κ3) is 4.23. The number of rotatable bonds is 6. The molecule has 0 radical (unpaired) electrons. The molecule has 0 fully saturated rings. The van der Waals surface area contributed by atoms with E-state index in [9.17, 15) is 4.79 Å². The number of Topliss-reactive ketones (excluding diaryl/α,β-unsaturated/α-hetero) is 1. The number of allylic oxidation sites excluding steroid dienone is 1. The van der Waals surface area contributed by atoms with Crippen LogP contribution in [0.5, 0.6) is 0 Å². The van der Waals surface area contributed by atoms with Crippen molar-refractivity contribution < 1.29 is 4.79 Å². The first-order chi connectivity index (χ1) is 5.91. The average Bonchev–Trinajstić information content (AvgIpc) is 2.03. The average molecular weight is 183 g/mol. The van der Waals surface area contributed by atoms with E-state index >= 15 is 0 Å². The van der Waals surface area contributed by atoms with E-state index in [-0.39, 0.29) is 11.7 Å². The molecule has 1 atom stereocenters. The lowest BCUT2D eigenvalue weighted by Gasteiger charge is -2.24. The highest BCUT2D eigenvalue weighted by molar-refractivity contribution is 5.89. The Hall–Kier alpha value is -0.630. The van der Waals surface area contributed by atoms with Crippen LogP contribution < -0.4 is 5.73 Å². The molecule has 0 aromatic rings. The van der Waals surface area contributed by atoms with E-state index in [4.69, 9.17) is 5.73 Å². The van der Waals surface area contributed by atoms with E-state index in [2.05, 4.69) is 6.58 Å². The molecule has 2 nitrogen and oxygen atoms in total. The van der Waals surface area contributed by atoms with Crippen LogP contribution >= 0.6 is 0 Å². The van der Waals surface area contributed by atoms with E-state index in [0.717, 1.165) is 19.3 Å². The largest absolute Gasteiger partial charge is 0.319 e. The number of ketones is 1. The second-order valence-corrected chi connectivity index (χ2v) is 4.12. The molecule has 0 amide bonds. The lowest BCUT2D eigenvalue weighted by Crippen LogP contribution is -2.47. The number of hydrogen-bond acceptors (Lipinski definition) is 2. The summed E-state index contributed by atoms with van der Waals surface area (Å²) in [6.45, 7) is 9.23. The summed E-state index contributed by atoms with van der Waals surface area (Å²) in [5.74, 6) is 0.176. The number of carbonyl (C=O) groups is 1. The lowest BCUT2D eigenvalue weighted by atomic mass is 9.85. The molecule has 0 unspecified atom stereocenters. The van der Waals surface area contributed by atoms with Gasteiger partial charge in [0.05, 0.1) is 5.54 Å². The molecule has 2 N–H and O–H groups in total. The Kier molecular flexibility index (Phi) is 4.92. The topological polar surface area (TPSA) is 43.1 Å². The van der Waals surface area contributed by atoms with Crippen molar-refractivity contribution in [3.8, 4) is 0 Å². The number of nitrogens with two attached hydrogens (primary N) is 1. The van der Waals surface area contributed by atoms with E-state index in [1.54, 1.807) is 0 Å². The molecule has 76 valence electrons. The maximum absolute atomic E-state index is 11.6. The standard InChI is InChI=1S/C11H21NO/c1-5-6-7-8-11(4,12)10(13)9(2)3/h5,9H,1,6-8,12H2,2-4H3/t11-/m0/s1. The highest BCUT2D eigenvalue weighted by Gasteiger charge is 2.28. The van der Waals surface area contributed by atoms with Crippen LogP contribution in [0.1, 0.15) is 40.0 Å².